The molecule has 1 unspecified atom stereocenters. The minimum Gasteiger partial charge on any atom is -0.491 e. The highest BCUT2D eigenvalue weighted by Gasteiger charge is 2.19. The molecule has 0 spiro atoms. The van der Waals surface area contributed by atoms with Gasteiger partial charge in [-0.05, 0) is 43.9 Å². The van der Waals surface area contributed by atoms with Gasteiger partial charge in [0.25, 0.3) is 0 Å². The second-order valence-electron chi connectivity index (χ2n) is 5.02. The molecule has 0 bridgehead atoms. The zero-order valence-electron chi connectivity index (χ0n) is 10.9. The predicted octanol–water partition coefficient (Wildman–Crippen LogP) is 3.51. The lowest BCUT2D eigenvalue weighted by Crippen LogP contribution is -2.15. The Morgan fingerprint density at radius 3 is 2.59 bits per heavy atom. The van der Waals surface area contributed by atoms with Crippen molar-refractivity contribution in [3.63, 3.8) is 0 Å². The molecule has 1 N–H and O–H groups in total. The fourth-order valence-corrected chi connectivity index (χ4v) is 1.93. The lowest BCUT2D eigenvalue weighted by molar-refractivity contribution is 0.210. The summed E-state index contributed by atoms with van der Waals surface area (Å²) >= 11 is 0. The van der Waals surface area contributed by atoms with E-state index in [1.54, 1.807) is 0 Å². The molecule has 1 aromatic rings. The molecule has 0 amide bonds. The van der Waals surface area contributed by atoms with E-state index in [9.17, 15) is 0 Å². The van der Waals surface area contributed by atoms with Gasteiger partial charge in [0.15, 0.2) is 0 Å². The largest absolute Gasteiger partial charge is 0.491 e. The number of hydrogen-bond donors (Lipinski definition) is 1. The summed E-state index contributed by atoms with van der Waals surface area (Å²) in [7, 11) is 0. The van der Waals surface area contributed by atoms with Crippen LogP contribution in [-0.2, 0) is 6.54 Å². The highest BCUT2D eigenvalue weighted by atomic mass is 16.5. The highest BCUT2D eigenvalue weighted by molar-refractivity contribution is 5.27. The van der Waals surface area contributed by atoms with Gasteiger partial charge in [0, 0.05) is 12.6 Å². The molecule has 1 atom stereocenters. The first-order valence-electron chi connectivity index (χ1n) is 6.77. The number of benzene rings is 1. The number of hydrogen-bond acceptors (Lipinski definition) is 2. The zero-order valence-corrected chi connectivity index (χ0v) is 10.9. The Balaban J connectivity index is 1.79. The Kier molecular flexibility index (Phi) is 4.43. The summed E-state index contributed by atoms with van der Waals surface area (Å²) in [4.78, 5) is 0. The van der Waals surface area contributed by atoms with E-state index in [2.05, 4.69) is 43.4 Å². The molecule has 0 saturated heterocycles. The standard InChI is InChI=1S/C15H23NO/c1-3-4-12(2)17-15-9-5-13(6-10-15)11-16-14-7-8-14/h5-6,9-10,12,14,16H,3-4,7-8,11H2,1-2H3. The van der Waals surface area contributed by atoms with Crippen LogP contribution < -0.4 is 10.1 Å². The van der Waals surface area contributed by atoms with Crippen LogP contribution in [-0.4, -0.2) is 12.1 Å². The first-order valence-corrected chi connectivity index (χ1v) is 6.77. The third-order valence-electron chi connectivity index (χ3n) is 3.13. The van der Waals surface area contributed by atoms with Crippen LogP contribution in [0.2, 0.25) is 0 Å². The summed E-state index contributed by atoms with van der Waals surface area (Å²) in [6.07, 6.45) is 5.29. The second kappa shape index (κ2) is 6.06. The predicted molar refractivity (Wildman–Crippen MR) is 71.3 cm³/mol. The monoisotopic (exact) mass is 233 g/mol. The van der Waals surface area contributed by atoms with E-state index in [1.807, 2.05) is 0 Å². The van der Waals surface area contributed by atoms with Crippen molar-refractivity contribution in [3.8, 4) is 5.75 Å². The first-order chi connectivity index (χ1) is 8.28. The molecule has 0 radical (unpaired) electrons. The molecule has 0 heterocycles. The van der Waals surface area contributed by atoms with E-state index in [-0.39, 0.29) is 0 Å². The Morgan fingerprint density at radius 2 is 2.00 bits per heavy atom. The van der Waals surface area contributed by atoms with Crippen molar-refractivity contribution in [1.82, 2.24) is 5.32 Å². The maximum absolute atomic E-state index is 5.83. The van der Waals surface area contributed by atoms with E-state index in [0.717, 1.165) is 24.8 Å². The van der Waals surface area contributed by atoms with Gasteiger partial charge in [-0.3, -0.25) is 0 Å². The van der Waals surface area contributed by atoms with Crippen LogP contribution in [0.4, 0.5) is 0 Å². The smallest absolute Gasteiger partial charge is 0.119 e. The van der Waals surface area contributed by atoms with Crippen molar-refractivity contribution < 1.29 is 4.74 Å². The average molecular weight is 233 g/mol. The first kappa shape index (κ1) is 12.4. The van der Waals surface area contributed by atoms with E-state index in [4.69, 9.17) is 4.74 Å². The Labute approximate surface area is 104 Å². The molecular weight excluding hydrogens is 210 g/mol. The molecule has 94 valence electrons. The molecular formula is C15H23NO. The topological polar surface area (TPSA) is 21.3 Å². The maximum atomic E-state index is 5.83. The molecule has 1 aliphatic rings. The van der Waals surface area contributed by atoms with Gasteiger partial charge in [0.1, 0.15) is 5.75 Å². The molecule has 1 aromatic carbocycles. The lowest BCUT2D eigenvalue weighted by Gasteiger charge is -2.14. The van der Waals surface area contributed by atoms with Gasteiger partial charge in [0.2, 0.25) is 0 Å². The van der Waals surface area contributed by atoms with Gasteiger partial charge in [-0.1, -0.05) is 25.5 Å². The van der Waals surface area contributed by atoms with Crippen molar-refractivity contribution in [2.75, 3.05) is 0 Å². The summed E-state index contributed by atoms with van der Waals surface area (Å²) in [6.45, 7) is 5.30. The second-order valence-corrected chi connectivity index (χ2v) is 5.02. The van der Waals surface area contributed by atoms with Gasteiger partial charge in [0.05, 0.1) is 6.10 Å². The van der Waals surface area contributed by atoms with E-state index < -0.39 is 0 Å². The number of rotatable bonds is 7. The van der Waals surface area contributed by atoms with Gasteiger partial charge in [-0.2, -0.15) is 0 Å². The summed E-state index contributed by atoms with van der Waals surface area (Å²) in [5, 5.41) is 3.51. The molecule has 1 fully saturated rings. The molecule has 1 saturated carbocycles. The third kappa shape index (κ3) is 4.39. The van der Waals surface area contributed by atoms with Crippen molar-refractivity contribution >= 4 is 0 Å². The molecule has 2 heteroatoms. The maximum Gasteiger partial charge on any atom is 0.119 e. The van der Waals surface area contributed by atoms with Crippen molar-refractivity contribution in [2.45, 2.75) is 58.2 Å². The SMILES string of the molecule is CCCC(C)Oc1ccc(CNC2CC2)cc1. The van der Waals surface area contributed by atoms with Gasteiger partial charge >= 0.3 is 0 Å². The van der Waals surface area contributed by atoms with Crippen molar-refractivity contribution in [1.29, 1.82) is 0 Å². The van der Waals surface area contributed by atoms with Gasteiger partial charge < -0.3 is 10.1 Å². The quantitative estimate of drug-likeness (QED) is 0.778. The van der Waals surface area contributed by atoms with E-state index in [0.29, 0.717) is 6.10 Å². The van der Waals surface area contributed by atoms with E-state index >= 15 is 0 Å². The average Bonchev–Trinajstić information content (AvgIpc) is 3.12. The van der Waals surface area contributed by atoms with Crippen LogP contribution in [0.15, 0.2) is 24.3 Å². The minimum absolute atomic E-state index is 0.315. The highest BCUT2D eigenvalue weighted by Crippen LogP contribution is 2.20. The molecule has 0 aliphatic heterocycles. The lowest BCUT2D eigenvalue weighted by atomic mass is 10.2. The molecule has 1 aliphatic carbocycles. The minimum atomic E-state index is 0.315. The molecule has 0 aromatic heterocycles. The van der Waals surface area contributed by atoms with Crippen LogP contribution in [0.25, 0.3) is 0 Å². The molecule has 17 heavy (non-hydrogen) atoms. The Bertz CT molecular complexity index is 329. The van der Waals surface area contributed by atoms with Gasteiger partial charge in [-0.25, -0.2) is 0 Å². The number of nitrogens with one attached hydrogen (secondary N) is 1. The van der Waals surface area contributed by atoms with Crippen LogP contribution in [0.3, 0.4) is 0 Å². The van der Waals surface area contributed by atoms with Crippen LogP contribution in [0, 0.1) is 0 Å². The van der Waals surface area contributed by atoms with Crippen LogP contribution in [0.5, 0.6) is 5.75 Å². The summed E-state index contributed by atoms with van der Waals surface area (Å²) in [5.74, 6) is 0.987. The fraction of sp³-hybridized carbons (Fsp3) is 0.600. The van der Waals surface area contributed by atoms with E-state index in [1.165, 1.54) is 24.8 Å². The van der Waals surface area contributed by atoms with Crippen LogP contribution in [0.1, 0.15) is 45.1 Å². The van der Waals surface area contributed by atoms with Crippen LogP contribution >= 0.6 is 0 Å². The third-order valence-corrected chi connectivity index (χ3v) is 3.13. The normalized spacial score (nSPS) is 16.8. The zero-order chi connectivity index (χ0) is 12.1. The summed E-state index contributed by atoms with van der Waals surface area (Å²) < 4.78 is 5.83. The van der Waals surface area contributed by atoms with Gasteiger partial charge in [-0.15, -0.1) is 0 Å². The Morgan fingerprint density at radius 1 is 1.29 bits per heavy atom. The van der Waals surface area contributed by atoms with Crippen molar-refractivity contribution in [2.24, 2.45) is 0 Å². The van der Waals surface area contributed by atoms with Crippen molar-refractivity contribution in [3.05, 3.63) is 29.8 Å². The summed E-state index contributed by atoms with van der Waals surface area (Å²) in [5.41, 5.74) is 1.34. The number of ether oxygens (including phenoxy) is 1. The summed E-state index contributed by atoms with van der Waals surface area (Å²) in [6, 6.07) is 9.24. The molecule has 2 rings (SSSR count). The fourth-order valence-electron chi connectivity index (χ4n) is 1.93. The molecule has 2 nitrogen and oxygen atoms in total. The Hall–Kier alpha value is -1.02.